The molecule has 0 aromatic heterocycles. The molecule has 2 N–H and O–H groups in total. The molecule has 5 aromatic carbocycles. The highest BCUT2D eigenvalue weighted by Crippen LogP contribution is 2.47. The smallest absolute Gasteiger partial charge is 0.340 e. The Morgan fingerprint density at radius 1 is 0.500 bits per heavy atom. The van der Waals surface area contributed by atoms with Crippen molar-refractivity contribution in [3.8, 4) is 22.6 Å². The molecule has 0 saturated heterocycles. The Labute approximate surface area is 209 Å². The molecule has 5 aromatic rings. The van der Waals surface area contributed by atoms with Crippen molar-refractivity contribution in [2.75, 3.05) is 0 Å². The Kier molecular flexibility index (Phi) is 6.25. The summed E-state index contributed by atoms with van der Waals surface area (Å²) in [5.41, 5.74) is 4.16. The van der Waals surface area contributed by atoms with Crippen LogP contribution >= 0.6 is 0 Å². The molecule has 1 heterocycles. The van der Waals surface area contributed by atoms with Gasteiger partial charge in [0.15, 0.2) is 5.60 Å². The second-order valence-electron chi connectivity index (χ2n) is 8.44. The van der Waals surface area contributed by atoms with Crippen molar-refractivity contribution in [1.29, 1.82) is 0 Å². The fraction of sp³-hybridized carbons (Fsp3) is 0.0312. The molecule has 0 bridgehead atoms. The number of rotatable bonds is 3. The van der Waals surface area contributed by atoms with Crippen LogP contribution in [0.1, 0.15) is 27.0 Å². The molecule has 36 heavy (non-hydrogen) atoms. The number of phenols is 2. The minimum absolute atomic E-state index is 0.136. The number of aromatic hydroxyl groups is 2. The summed E-state index contributed by atoms with van der Waals surface area (Å²) in [7, 11) is 0. The minimum Gasteiger partial charge on any atom is -0.508 e. The Morgan fingerprint density at radius 2 is 0.917 bits per heavy atom. The first-order valence-corrected chi connectivity index (χ1v) is 11.6. The third-order valence-corrected chi connectivity index (χ3v) is 6.20. The lowest BCUT2D eigenvalue weighted by molar-refractivity contribution is 0.0251. The van der Waals surface area contributed by atoms with E-state index in [9.17, 15) is 15.0 Å². The number of esters is 1. The molecule has 0 unspecified atom stereocenters. The molecule has 1 aliphatic rings. The lowest BCUT2D eigenvalue weighted by Gasteiger charge is -2.30. The quantitative estimate of drug-likeness (QED) is 0.280. The van der Waals surface area contributed by atoms with Crippen LogP contribution in [0, 0.1) is 0 Å². The predicted molar refractivity (Wildman–Crippen MR) is 140 cm³/mol. The molecule has 4 heteroatoms. The van der Waals surface area contributed by atoms with Gasteiger partial charge in [0, 0.05) is 16.7 Å². The molecule has 0 saturated carbocycles. The van der Waals surface area contributed by atoms with Gasteiger partial charge in [0.25, 0.3) is 0 Å². The summed E-state index contributed by atoms with van der Waals surface area (Å²) < 4.78 is 5.87. The van der Waals surface area contributed by atoms with E-state index in [1.165, 1.54) is 11.1 Å². The fourth-order valence-electron chi connectivity index (χ4n) is 4.47. The van der Waals surface area contributed by atoms with Crippen LogP contribution in [0.3, 0.4) is 0 Å². The minimum atomic E-state index is -1.10. The largest absolute Gasteiger partial charge is 0.508 e. The third-order valence-electron chi connectivity index (χ3n) is 6.20. The van der Waals surface area contributed by atoms with E-state index in [1.54, 1.807) is 60.7 Å². The number of benzene rings is 5. The molecule has 0 fully saturated rings. The van der Waals surface area contributed by atoms with Crippen molar-refractivity contribution in [3.63, 3.8) is 0 Å². The SMILES string of the molecule is O=C1OC(c2ccc(O)cc2)(c2ccc(O)cc2)c2ccccc21.c1ccc(-c2ccccc2)cc1. The lowest BCUT2D eigenvalue weighted by atomic mass is 9.80. The first kappa shape index (κ1) is 22.9. The van der Waals surface area contributed by atoms with Crippen molar-refractivity contribution >= 4 is 5.97 Å². The van der Waals surface area contributed by atoms with Gasteiger partial charge in [-0.2, -0.15) is 0 Å². The maximum atomic E-state index is 12.4. The normalized spacial score (nSPS) is 13.2. The molecular weight excluding hydrogens is 448 g/mol. The van der Waals surface area contributed by atoms with Crippen LogP contribution < -0.4 is 0 Å². The Hall–Kier alpha value is -4.83. The molecule has 176 valence electrons. The van der Waals surface area contributed by atoms with Gasteiger partial charge in [-0.05, 0) is 41.5 Å². The van der Waals surface area contributed by atoms with Gasteiger partial charge >= 0.3 is 5.97 Å². The summed E-state index contributed by atoms with van der Waals surface area (Å²) in [6, 6.07) is 41.2. The number of phenolic OH excluding ortho intramolecular Hbond substituents is 2. The molecular formula is C32H24O4. The standard InChI is InChI=1S/C20H14O4.C12H10/c21-15-9-5-13(6-10-15)20(14-7-11-16(22)12-8-14)18-4-2-1-3-17(18)19(23)24-20;1-3-7-11(8-4-1)12-9-5-2-6-10-12/h1-12,21-22H;1-10H. The predicted octanol–water partition coefficient (Wildman–Crippen LogP) is 6.91. The van der Waals surface area contributed by atoms with Gasteiger partial charge in [-0.15, -0.1) is 0 Å². The highest BCUT2D eigenvalue weighted by Gasteiger charge is 2.48. The number of hydrogen-bond acceptors (Lipinski definition) is 4. The van der Waals surface area contributed by atoms with Gasteiger partial charge in [-0.1, -0.05) is 103 Å². The molecule has 0 radical (unpaired) electrons. The van der Waals surface area contributed by atoms with Gasteiger partial charge in [-0.3, -0.25) is 0 Å². The second kappa shape index (κ2) is 9.80. The van der Waals surface area contributed by atoms with Crippen LogP contribution in [-0.2, 0) is 10.3 Å². The maximum Gasteiger partial charge on any atom is 0.340 e. The lowest BCUT2D eigenvalue weighted by Crippen LogP contribution is -2.29. The molecule has 0 aliphatic carbocycles. The van der Waals surface area contributed by atoms with E-state index in [4.69, 9.17) is 4.74 Å². The van der Waals surface area contributed by atoms with Crippen LogP contribution in [0.5, 0.6) is 11.5 Å². The van der Waals surface area contributed by atoms with Gasteiger partial charge in [0.05, 0.1) is 5.56 Å². The van der Waals surface area contributed by atoms with Gasteiger partial charge < -0.3 is 14.9 Å². The third kappa shape index (κ3) is 4.32. The molecule has 0 atom stereocenters. The number of cyclic esters (lactones) is 1. The highest BCUT2D eigenvalue weighted by atomic mass is 16.6. The zero-order valence-electron chi connectivity index (χ0n) is 19.4. The molecule has 0 amide bonds. The van der Waals surface area contributed by atoms with Crippen LogP contribution in [0.2, 0.25) is 0 Å². The number of ether oxygens (including phenoxy) is 1. The molecule has 6 rings (SSSR count). The molecule has 0 spiro atoms. The summed E-state index contributed by atoms with van der Waals surface area (Å²) in [5, 5.41) is 19.2. The topological polar surface area (TPSA) is 66.8 Å². The van der Waals surface area contributed by atoms with E-state index in [-0.39, 0.29) is 11.5 Å². The average molecular weight is 473 g/mol. The monoisotopic (exact) mass is 472 g/mol. The van der Waals surface area contributed by atoms with Crippen molar-refractivity contribution in [2.24, 2.45) is 0 Å². The number of fused-ring (bicyclic) bond motifs is 1. The summed E-state index contributed by atoms with van der Waals surface area (Å²) >= 11 is 0. The first-order valence-electron chi connectivity index (χ1n) is 11.6. The maximum absolute atomic E-state index is 12.4. The van der Waals surface area contributed by atoms with Crippen molar-refractivity contribution in [3.05, 3.63) is 156 Å². The summed E-state index contributed by atoms with van der Waals surface area (Å²) in [6.07, 6.45) is 0. The van der Waals surface area contributed by atoms with Crippen LogP contribution in [0.15, 0.2) is 133 Å². The van der Waals surface area contributed by atoms with Gasteiger partial charge in [0.2, 0.25) is 0 Å². The summed E-state index contributed by atoms with van der Waals surface area (Å²) in [4.78, 5) is 12.4. The highest BCUT2D eigenvalue weighted by molar-refractivity contribution is 5.96. The Bertz CT molecular complexity index is 1380. The zero-order chi connectivity index (χ0) is 25.0. The number of carbonyl (C=O) groups excluding carboxylic acids is 1. The van der Waals surface area contributed by atoms with Crippen molar-refractivity contribution < 1.29 is 19.7 Å². The van der Waals surface area contributed by atoms with Crippen molar-refractivity contribution in [2.45, 2.75) is 5.60 Å². The van der Waals surface area contributed by atoms with Gasteiger partial charge in [0.1, 0.15) is 11.5 Å². The van der Waals surface area contributed by atoms with Crippen LogP contribution in [0.25, 0.3) is 11.1 Å². The van der Waals surface area contributed by atoms with E-state index in [0.717, 1.165) is 16.7 Å². The van der Waals surface area contributed by atoms with Crippen molar-refractivity contribution in [1.82, 2.24) is 0 Å². The van der Waals surface area contributed by atoms with Crippen LogP contribution in [-0.4, -0.2) is 16.2 Å². The van der Waals surface area contributed by atoms with E-state index in [2.05, 4.69) is 48.5 Å². The van der Waals surface area contributed by atoms with E-state index < -0.39 is 11.6 Å². The Morgan fingerprint density at radius 3 is 1.39 bits per heavy atom. The summed E-state index contributed by atoms with van der Waals surface area (Å²) in [5.74, 6) is -0.124. The molecule has 4 nitrogen and oxygen atoms in total. The van der Waals surface area contributed by atoms with Crippen LogP contribution in [0.4, 0.5) is 0 Å². The first-order chi connectivity index (χ1) is 17.6. The average Bonchev–Trinajstić information content (AvgIpc) is 3.24. The fourth-order valence-corrected chi connectivity index (χ4v) is 4.47. The molecule has 1 aliphatic heterocycles. The van der Waals surface area contributed by atoms with Gasteiger partial charge in [-0.25, -0.2) is 4.79 Å². The van der Waals surface area contributed by atoms with E-state index in [0.29, 0.717) is 5.56 Å². The van der Waals surface area contributed by atoms with E-state index in [1.807, 2.05) is 24.3 Å². The summed E-state index contributed by atoms with van der Waals surface area (Å²) in [6.45, 7) is 0. The second-order valence-corrected chi connectivity index (χ2v) is 8.44. The number of hydrogen-bond donors (Lipinski definition) is 2. The van der Waals surface area contributed by atoms with E-state index >= 15 is 0 Å². The zero-order valence-corrected chi connectivity index (χ0v) is 19.4. The number of carbonyl (C=O) groups is 1. The Balaban J connectivity index is 0.000000186.